The maximum atomic E-state index is 13.0. The highest BCUT2D eigenvalue weighted by atomic mass is 32.2. The van der Waals surface area contributed by atoms with Gasteiger partial charge >= 0.3 is 6.55 Å². The van der Waals surface area contributed by atoms with Crippen LogP contribution in [-0.2, 0) is 16.6 Å². The molecule has 0 bridgehead atoms. The summed E-state index contributed by atoms with van der Waals surface area (Å²) in [5, 5.41) is 11.3. The summed E-state index contributed by atoms with van der Waals surface area (Å²) in [6.07, 6.45) is 1.45. The average molecular weight is 411 g/mol. The molecule has 0 fully saturated rings. The molecule has 0 spiro atoms. The van der Waals surface area contributed by atoms with E-state index >= 15 is 0 Å². The fourth-order valence-corrected chi connectivity index (χ4v) is 4.32. The van der Waals surface area contributed by atoms with E-state index in [-0.39, 0.29) is 35.5 Å². The number of halogens is 2. The lowest BCUT2D eigenvalue weighted by Crippen LogP contribution is -2.32. The molecule has 0 saturated heterocycles. The number of benzene rings is 1. The van der Waals surface area contributed by atoms with Crippen LogP contribution >= 0.6 is 0 Å². The second-order valence-electron chi connectivity index (χ2n) is 6.02. The molecule has 2 heterocycles. The number of hydrogen-bond donors (Lipinski definition) is 0. The summed E-state index contributed by atoms with van der Waals surface area (Å²) >= 11 is 0. The van der Waals surface area contributed by atoms with Crippen molar-refractivity contribution in [3.05, 3.63) is 48.1 Å². The number of rotatable bonds is 8. The van der Waals surface area contributed by atoms with Gasteiger partial charge in [-0.2, -0.15) is 18.2 Å². The Hall–Kier alpha value is -2.66. The van der Waals surface area contributed by atoms with Gasteiger partial charge in [0.2, 0.25) is 21.8 Å². The van der Waals surface area contributed by atoms with E-state index in [0.29, 0.717) is 16.7 Å². The van der Waals surface area contributed by atoms with Crippen molar-refractivity contribution in [1.29, 1.82) is 0 Å². The third-order valence-electron chi connectivity index (χ3n) is 4.07. The van der Waals surface area contributed by atoms with Gasteiger partial charge in [0.15, 0.2) is 0 Å². The number of sulfonamides is 1. The van der Waals surface area contributed by atoms with Gasteiger partial charge in [0.25, 0.3) is 0 Å². The van der Waals surface area contributed by atoms with E-state index in [1.807, 2.05) is 18.2 Å². The Balaban J connectivity index is 1.88. The first kappa shape index (κ1) is 20.1. The summed E-state index contributed by atoms with van der Waals surface area (Å²) in [4.78, 5) is -0.274. The molecular formula is C17H19F2N5O3S. The Kier molecular flexibility index (Phi) is 5.84. The second-order valence-corrected chi connectivity index (χ2v) is 7.93. The van der Waals surface area contributed by atoms with E-state index in [1.54, 1.807) is 19.1 Å². The van der Waals surface area contributed by atoms with Crippen LogP contribution < -0.4 is 0 Å². The minimum absolute atomic E-state index is 0.106. The Labute approximate surface area is 160 Å². The quantitative estimate of drug-likeness (QED) is 0.565. The Bertz CT molecular complexity index is 1030. The molecule has 8 nitrogen and oxygen atoms in total. The Morgan fingerprint density at radius 3 is 2.54 bits per heavy atom. The van der Waals surface area contributed by atoms with Gasteiger partial charge in [-0.1, -0.05) is 25.1 Å². The topological polar surface area (TPSA) is 94.1 Å². The van der Waals surface area contributed by atoms with Gasteiger partial charge in [0, 0.05) is 12.1 Å². The van der Waals surface area contributed by atoms with E-state index in [2.05, 4.69) is 15.3 Å². The average Bonchev–Trinajstić information content (AvgIpc) is 3.29. The standard InChI is InChI=1S/C17H19F2N5O3S/c1-3-9-23(28(25,26)14-10-20-24(12(14)2)17(18)19)11-15-21-22-16(27-15)13-7-5-4-6-8-13/h4-8,10,17H,3,9,11H2,1-2H3. The molecule has 150 valence electrons. The fourth-order valence-electron chi connectivity index (χ4n) is 2.70. The second kappa shape index (κ2) is 8.15. The molecular weight excluding hydrogens is 392 g/mol. The van der Waals surface area contributed by atoms with Crippen molar-refractivity contribution in [2.24, 2.45) is 0 Å². The first-order valence-corrected chi connectivity index (χ1v) is 9.98. The highest BCUT2D eigenvalue weighted by Crippen LogP contribution is 2.25. The Morgan fingerprint density at radius 1 is 1.21 bits per heavy atom. The van der Waals surface area contributed by atoms with Gasteiger partial charge in [-0.25, -0.2) is 13.1 Å². The largest absolute Gasteiger partial charge is 0.419 e. The van der Waals surface area contributed by atoms with Gasteiger partial charge in [0.1, 0.15) is 4.90 Å². The lowest BCUT2D eigenvalue weighted by Gasteiger charge is -2.19. The highest BCUT2D eigenvalue weighted by molar-refractivity contribution is 7.89. The maximum absolute atomic E-state index is 13.0. The van der Waals surface area contributed by atoms with Gasteiger partial charge in [-0.3, -0.25) is 0 Å². The van der Waals surface area contributed by atoms with Crippen LogP contribution in [0.1, 0.15) is 31.5 Å². The molecule has 11 heteroatoms. The molecule has 0 N–H and O–H groups in total. The normalized spacial score (nSPS) is 12.2. The van der Waals surface area contributed by atoms with Crippen LogP contribution in [0.25, 0.3) is 11.5 Å². The van der Waals surface area contributed by atoms with Crippen LogP contribution in [0.15, 0.2) is 45.8 Å². The minimum Gasteiger partial charge on any atom is -0.419 e. The Morgan fingerprint density at radius 2 is 1.93 bits per heavy atom. The van der Waals surface area contributed by atoms with Crippen LogP contribution in [0.2, 0.25) is 0 Å². The van der Waals surface area contributed by atoms with Crippen molar-refractivity contribution in [2.45, 2.75) is 38.3 Å². The van der Waals surface area contributed by atoms with Crippen LogP contribution in [-0.4, -0.2) is 39.2 Å². The van der Waals surface area contributed by atoms with Crippen LogP contribution in [0.5, 0.6) is 0 Å². The molecule has 3 aromatic rings. The predicted octanol–water partition coefficient (Wildman–Crippen LogP) is 3.24. The summed E-state index contributed by atoms with van der Waals surface area (Å²) in [6.45, 7) is 0.158. The number of nitrogens with zero attached hydrogens (tertiary/aromatic N) is 5. The molecule has 0 atom stereocenters. The van der Waals surface area contributed by atoms with Crippen molar-refractivity contribution in [1.82, 2.24) is 24.3 Å². The van der Waals surface area contributed by atoms with Gasteiger partial charge in [-0.15, -0.1) is 10.2 Å². The van der Waals surface area contributed by atoms with Crippen LogP contribution in [0.4, 0.5) is 8.78 Å². The van der Waals surface area contributed by atoms with Gasteiger partial charge < -0.3 is 4.42 Å². The first-order valence-electron chi connectivity index (χ1n) is 8.54. The summed E-state index contributed by atoms with van der Waals surface area (Å²) < 4.78 is 59.0. The fraction of sp³-hybridized carbons (Fsp3) is 0.353. The van der Waals surface area contributed by atoms with E-state index < -0.39 is 16.6 Å². The van der Waals surface area contributed by atoms with E-state index in [0.717, 1.165) is 10.5 Å². The van der Waals surface area contributed by atoms with Crippen LogP contribution in [0, 0.1) is 6.92 Å². The molecule has 0 aliphatic carbocycles. The molecule has 0 saturated carbocycles. The zero-order chi connectivity index (χ0) is 20.3. The molecule has 0 amide bonds. The number of hydrogen-bond acceptors (Lipinski definition) is 6. The first-order chi connectivity index (χ1) is 13.3. The molecule has 0 unspecified atom stereocenters. The summed E-state index contributed by atoms with van der Waals surface area (Å²) in [6, 6.07) is 9.06. The highest BCUT2D eigenvalue weighted by Gasteiger charge is 2.30. The summed E-state index contributed by atoms with van der Waals surface area (Å²) in [5.74, 6) is 0.376. The number of aromatic nitrogens is 4. The van der Waals surface area contributed by atoms with Gasteiger partial charge in [-0.05, 0) is 25.5 Å². The van der Waals surface area contributed by atoms with E-state index in [9.17, 15) is 17.2 Å². The van der Waals surface area contributed by atoms with Crippen molar-refractivity contribution >= 4 is 10.0 Å². The van der Waals surface area contributed by atoms with Crippen molar-refractivity contribution < 1.29 is 21.6 Å². The van der Waals surface area contributed by atoms with Crippen molar-refractivity contribution in [3.8, 4) is 11.5 Å². The third kappa shape index (κ3) is 3.94. The molecule has 1 aromatic carbocycles. The minimum atomic E-state index is -4.07. The maximum Gasteiger partial charge on any atom is 0.333 e. The van der Waals surface area contributed by atoms with E-state index in [1.165, 1.54) is 6.92 Å². The third-order valence-corrected chi connectivity index (χ3v) is 6.02. The van der Waals surface area contributed by atoms with Crippen molar-refractivity contribution in [2.75, 3.05) is 6.54 Å². The van der Waals surface area contributed by atoms with Crippen molar-refractivity contribution in [3.63, 3.8) is 0 Å². The number of alkyl halides is 2. The smallest absolute Gasteiger partial charge is 0.333 e. The van der Waals surface area contributed by atoms with Crippen LogP contribution in [0.3, 0.4) is 0 Å². The summed E-state index contributed by atoms with van der Waals surface area (Å²) in [7, 11) is -4.07. The SMILES string of the molecule is CCCN(Cc1nnc(-c2ccccc2)o1)S(=O)(=O)c1cnn(C(F)F)c1C. The molecule has 2 aromatic heterocycles. The zero-order valence-electron chi connectivity index (χ0n) is 15.3. The van der Waals surface area contributed by atoms with Gasteiger partial charge in [0.05, 0.1) is 18.4 Å². The molecule has 0 aliphatic heterocycles. The summed E-state index contributed by atoms with van der Waals surface area (Å²) in [5.41, 5.74) is 0.576. The molecule has 3 rings (SSSR count). The lowest BCUT2D eigenvalue weighted by atomic mass is 10.2. The monoisotopic (exact) mass is 411 g/mol. The van der Waals surface area contributed by atoms with E-state index in [4.69, 9.17) is 4.42 Å². The molecule has 28 heavy (non-hydrogen) atoms. The lowest BCUT2D eigenvalue weighted by molar-refractivity contribution is 0.0541. The molecule has 0 aliphatic rings. The zero-order valence-corrected chi connectivity index (χ0v) is 16.1. The molecule has 0 radical (unpaired) electrons. The predicted molar refractivity (Wildman–Crippen MR) is 95.8 cm³/mol.